The zero-order valence-electron chi connectivity index (χ0n) is 8.28. The van der Waals surface area contributed by atoms with Gasteiger partial charge in [-0.05, 0) is 12.1 Å². The normalized spacial score (nSPS) is 9.46. The Morgan fingerprint density at radius 2 is 2.00 bits per heavy atom. The number of rotatable bonds is 0. The van der Waals surface area contributed by atoms with Gasteiger partial charge in [-0.25, -0.2) is 4.98 Å². The van der Waals surface area contributed by atoms with Gasteiger partial charge in [-0.1, -0.05) is 19.9 Å². The predicted molar refractivity (Wildman–Crippen MR) is 56.5 cm³/mol. The van der Waals surface area contributed by atoms with Crippen LogP contribution in [-0.4, -0.2) is 9.55 Å². The monoisotopic (exact) mass is 177 g/mol. The van der Waals surface area contributed by atoms with Crippen LogP contribution in [0.1, 0.15) is 13.8 Å². The number of para-hydroxylation sites is 1. The number of benzene rings is 1. The number of nitrogens with zero attached hydrogens (tertiary/aromatic N) is 2. The zero-order valence-corrected chi connectivity index (χ0v) is 8.28. The molecule has 0 spiro atoms. The first-order valence-electron chi connectivity index (χ1n) is 4.44. The largest absolute Gasteiger partial charge is 0.397 e. The maximum Gasteiger partial charge on any atom is 0.0956 e. The van der Waals surface area contributed by atoms with Crippen LogP contribution in [0.5, 0.6) is 0 Å². The fourth-order valence-electron chi connectivity index (χ4n) is 1.24. The minimum absolute atomic E-state index is 0.780. The number of nitrogens with two attached hydrogens (primary N) is 1. The molecular formula is C10H15N3. The molecule has 0 saturated carbocycles. The first-order chi connectivity index (χ1) is 6.29. The average Bonchev–Trinajstić information content (AvgIpc) is 2.53. The number of anilines is 1. The van der Waals surface area contributed by atoms with E-state index in [1.54, 1.807) is 6.33 Å². The number of fused-ring (bicyclic) bond motifs is 1. The van der Waals surface area contributed by atoms with Crippen molar-refractivity contribution in [2.75, 3.05) is 5.73 Å². The van der Waals surface area contributed by atoms with Crippen molar-refractivity contribution in [3.63, 3.8) is 0 Å². The summed E-state index contributed by atoms with van der Waals surface area (Å²) in [5, 5.41) is 0. The number of hydrogen-bond acceptors (Lipinski definition) is 2. The van der Waals surface area contributed by atoms with Crippen molar-refractivity contribution in [1.82, 2.24) is 9.55 Å². The lowest BCUT2D eigenvalue weighted by molar-refractivity contribution is 0.949. The van der Waals surface area contributed by atoms with Gasteiger partial charge in [-0.15, -0.1) is 0 Å². The van der Waals surface area contributed by atoms with E-state index in [-0.39, 0.29) is 0 Å². The number of aryl methyl sites for hydroxylation is 1. The van der Waals surface area contributed by atoms with Crippen LogP contribution in [0.4, 0.5) is 5.69 Å². The van der Waals surface area contributed by atoms with Crippen molar-refractivity contribution in [1.29, 1.82) is 0 Å². The van der Waals surface area contributed by atoms with Gasteiger partial charge in [0.2, 0.25) is 0 Å². The molecule has 3 heteroatoms. The fourth-order valence-corrected chi connectivity index (χ4v) is 1.24. The molecule has 1 heterocycles. The number of imidazole rings is 1. The smallest absolute Gasteiger partial charge is 0.0956 e. The Labute approximate surface area is 78.2 Å². The molecule has 1 aromatic heterocycles. The maximum atomic E-state index is 5.74. The quantitative estimate of drug-likeness (QED) is 0.627. The molecule has 0 aliphatic heterocycles. The Hall–Kier alpha value is -1.51. The Morgan fingerprint density at radius 3 is 2.62 bits per heavy atom. The van der Waals surface area contributed by atoms with Gasteiger partial charge in [0.1, 0.15) is 0 Å². The molecule has 0 radical (unpaired) electrons. The molecule has 0 amide bonds. The predicted octanol–water partition coefficient (Wildman–Crippen LogP) is 2.18. The van der Waals surface area contributed by atoms with Crippen LogP contribution in [0.15, 0.2) is 24.5 Å². The molecule has 0 fully saturated rings. The Balaban J connectivity index is 0.000000396. The number of aromatic nitrogens is 2. The third-order valence-corrected chi connectivity index (χ3v) is 1.77. The minimum Gasteiger partial charge on any atom is -0.397 e. The molecule has 3 nitrogen and oxygen atoms in total. The molecule has 2 N–H and O–H groups in total. The minimum atomic E-state index is 0.780. The number of nitrogen functional groups attached to an aromatic ring is 1. The van der Waals surface area contributed by atoms with Crippen molar-refractivity contribution in [3.8, 4) is 0 Å². The van der Waals surface area contributed by atoms with E-state index in [1.165, 1.54) is 0 Å². The number of hydrogen-bond donors (Lipinski definition) is 1. The highest BCUT2D eigenvalue weighted by atomic mass is 15.0. The summed E-state index contributed by atoms with van der Waals surface area (Å²) >= 11 is 0. The molecule has 13 heavy (non-hydrogen) atoms. The first kappa shape index (κ1) is 9.58. The van der Waals surface area contributed by atoms with Crippen LogP contribution < -0.4 is 5.73 Å². The van der Waals surface area contributed by atoms with Gasteiger partial charge in [0.05, 0.1) is 23.0 Å². The first-order valence-corrected chi connectivity index (χ1v) is 4.44. The Kier molecular flexibility index (Phi) is 2.90. The van der Waals surface area contributed by atoms with Gasteiger partial charge < -0.3 is 10.3 Å². The van der Waals surface area contributed by atoms with Crippen molar-refractivity contribution in [2.45, 2.75) is 13.8 Å². The van der Waals surface area contributed by atoms with E-state index in [1.807, 2.05) is 43.7 Å². The van der Waals surface area contributed by atoms with Gasteiger partial charge >= 0.3 is 0 Å². The van der Waals surface area contributed by atoms with E-state index in [4.69, 9.17) is 5.73 Å². The maximum absolute atomic E-state index is 5.74. The molecule has 0 bridgehead atoms. The summed E-state index contributed by atoms with van der Waals surface area (Å²) in [5.74, 6) is 0. The third kappa shape index (κ3) is 1.64. The molecule has 0 aliphatic carbocycles. The third-order valence-electron chi connectivity index (χ3n) is 1.77. The van der Waals surface area contributed by atoms with E-state index in [0.717, 1.165) is 16.7 Å². The van der Waals surface area contributed by atoms with Crippen molar-refractivity contribution >= 4 is 16.7 Å². The van der Waals surface area contributed by atoms with E-state index < -0.39 is 0 Å². The van der Waals surface area contributed by atoms with Crippen LogP contribution in [0.3, 0.4) is 0 Å². The second-order valence-electron chi connectivity index (χ2n) is 2.57. The second-order valence-corrected chi connectivity index (χ2v) is 2.57. The molecule has 0 unspecified atom stereocenters. The summed E-state index contributed by atoms with van der Waals surface area (Å²) in [5.41, 5.74) is 8.48. The summed E-state index contributed by atoms with van der Waals surface area (Å²) in [7, 11) is 1.94. The van der Waals surface area contributed by atoms with Gasteiger partial charge in [-0.2, -0.15) is 0 Å². The lowest BCUT2D eigenvalue weighted by atomic mass is 10.3. The molecular weight excluding hydrogens is 162 g/mol. The van der Waals surface area contributed by atoms with Crippen LogP contribution in [0.2, 0.25) is 0 Å². The van der Waals surface area contributed by atoms with Gasteiger partial charge in [0, 0.05) is 7.05 Å². The highest BCUT2D eigenvalue weighted by molar-refractivity contribution is 5.87. The molecule has 1 aromatic carbocycles. The Bertz CT molecular complexity index is 390. The van der Waals surface area contributed by atoms with Crippen LogP contribution in [0.25, 0.3) is 11.0 Å². The topological polar surface area (TPSA) is 43.8 Å². The van der Waals surface area contributed by atoms with E-state index in [9.17, 15) is 0 Å². The summed E-state index contributed by atoms with van der Waals surface area (Å²) in [6, 6.07) is 5.74. The summed E-state index contributed by atoms with van der Waals surface area (Å²) < 4.78 is 1.92. The summed E-state index contributed by atoms with van der Waals surface area (Å²) in [6.45, 7) is 4.00. The van der Waals surface area contributed by atoms with Crippen molar-refractivity contribution in [3.05, 3.63) is 24.5 Å². The lowest BCUT2D eigenvalue weighted by Gasteiger charge is -1.97. The lowest BCUT2D eigenvalue weighted by Crippen LogP contribution is -1.91. The van der Waals surface area contributed by atoms with Gasteiger partial charge in [-0.3, -0.25) is 0 Å². The fraction of sp³-hybridized carbons (Fsp3) is 0.300. The molecule has 0 aliphatic rings. The summed E-state index contributed by atoms with van der Waals surface area (Å²) in [4.78, 5) is 4.16. The van der Waals surface area contributed by atoms with Gasteiger partial charge in [0.25, 0.3) is 0 Å². The molecule has 70 valence electrons. The average molecular weight is 177 g/mol. The molecule has 0 atom stereocenters. The zero-order chi connectivity index (χ0) is 9.84. The van der Waals surface area contributed by atoms with E-state index >= 15 is 0 Å². The standard InChI is InChI=1S/C8H9N3.C2H6/c1-11-5-10-7-4-2-3-6(9)8(7)11;1-2/h2-5H,9H2,1H3;1-2H3. The van der Waals surface area contributed by atoms with Crippen LogP contribution in [0, 0.1) is 0 Å². The second kappa shape index (κ2) is 3.94. The van der Waals surface area contributed by atoms with Crippen molar-refractivity contribution < 1.29 is 0 Å². The molecule has 2 aromatic rings. The Morgan fingerprint density at radius 1 is 1.31 bits per heavy atom. The molecule has 2 rings (SSSR count). The van der Waals surface area contributed by atoms with E-state index in [2.05, 4.69) is 4.98 Å². The van der Waals surface area contributed by atoms with E-state index in [0.29, 0.717) is 0 Å². The summed E-state index contributed by atoms with van der Waals surface area (Å²) in [6.07, 6.45) is 1.76. The highest BCUT2D eigenvalue weighted by Crippen LogP contribution is 2.17. The molecule has 0 saturated heterocycles. The van der Waals surface area contributed by atoms with Crippen molar-refractivity contribution in [2.24, 2.45) is 7.05 Å². The SMILES string of the molecule is CC.Cn1cnc2cccc(N)c21. The van der Waals surface area contributed by atoms with Crippen LogP contribution in [-0.2, 0) is 7.05 Å². The van der Waals surface area contributed by atoms with Gasteiger partial charge in [0.15, 0.2) is 0 Å². The highest BCUT2D eigenvalue weighted by Gasteiger charge is 2.00. The van der Waals surface area contributed by atoms with Crippen LogP contribution >= 0.6 is 0 Å².